The smallest absolute Gasteiger partial charge is 0.126 e. The number of nitrogens with two attached hydrogens (primary N) is 1. The van der Waals surface area contributed by atoms with E-state index in [1.54, 1.807) is 6.20 Å². The third-order valence-corrected chi connectivity index (χ3v) is 4.21. The van der Waals surface area contributed by atoms with Crippen LogP contribution in [0.15, 0.2) is 18.3 Å². The Balaban J connectivity index is 2.10. The monoisotopic (exact) mass is 248 g/mol. The predicted octanol–water partition coefficient (Wildman–Crippen LogP) is 2.93. The zero-order valence-electron chi connectivity index (χ0n) is 11.4. The second-order valence-electron chi connectivity index (χ2n) is 6.47. The maximum Gasteiger partial charge on any atom is 0.126 e. The normalized spacial score (nSPS) is 27.7. The van der Waals surface area contributed by atoms with Crippen LogP contribution in [0.2, 0.25) is 0 Å². The van der Waals surface area contributed by atoms with Crippen molar-refractivity contribution in [1.82, 2.24) is 4.98 Å². The Hall–Kier alpha value is -1.09. The molecule has 100 valence electrons. The highest BCUT2D eigenvalue weighted by Crippen LogP contribution is 2.39. The highest BCUT2D eigenvalue weighted by Gasteiger charge is 2.34. The van der Waals surface area contributed by atoms with Crippen LogP contribution in [0.5, 0.6) is 0 Å². The van der Waals surface area contributed by atoms with E-state index in [2.05, 4.69) is 18.8 Å². The van der Waals surface area contributed by atoms with Crippen LogP contribution in [0.1, 0.15) is 51.5 Å². The summed E-state index contributed by atoms with van der Waals surface area (Å²) in [6, 6.07) is 3.85. The van der Waals surface area contributed by atoms with Crippen LogP contribution in [-0.2, 0) is 6.42 Å². The lowest BCUT2D eigenvalue weighted by atomic mass is 9.83. The fourth-order valence-corrected chi connectivity index (χ4v) is 2.85. The lowest BCUT2D eigenvalue weighted by molar-refractivity contribution is 0.0227. The number of hydrogen-bond acceptors (Lipinski definition) is 3. The summed E-state index contributed by atoms with van der Waals surface area (Å²) in [6.45, 7) is 4.58. The van der Waals surface area contributed by atoms with E-state index in [1.165, 1.54) is 6.42 Å². The van der Waals surface area contributed by atoms with Gasteiger partial charge in [-0.2, -0.15) is 0 Å². The van der Waals surface area contributed by atoms with Crippen molar-refractivity contribution < 1.29 is 5.11 Å². The third kappa shape index (κ3) is 3.22. The van der Waals surface area contributed by atoms with Gasteiger partial charge in [0.05, 0.1) is 5.60 Å². The Kier molecular flexibility index (Phi) is 3.62. The van der Waals surface area contributed by atoms with Gasteiger partial charge >= 0.3 is 0 Å². The minimum Gasteiger partial charge on any atom is -0.390 e. The standard InChI is InChI=1S/C15H24N2O/c1-14(2)6-4-7-15(18,9-8-14)11-12-5-3-10-17-13(12)16/h3,5,10,18H,4,6-9,11H2,1-2H3,(H2,16,17). The number of aromatic nitrogens is 1. The minimum absolute atomic E-state index is 0.352. The van der Waals surface area contributed by atoms with E-state index in [-0.39, 0.29) is 0 Å². The highest BCUT2D eigenvalue weighted by molar-refractivity contribution is 5.39. The molecule has 3 heteroatoms. The van der Waals surface area contributed by atoms with Gasteiger partial charge < -0.3 is 10.8 Å². The Labute approximate surface area is 109 Å². The first-order valence-electron chi connectivity index (χ1n) is 6.82. The molecule has 1 unspecified atom stereocenters. The van der Waals surface area contributed by atoms with Crippen LogP contribution < -0.4 is 5.73 Å². The molecule has 1 aromatic heterocycles. The summed E-state index contributed by atoms with van der Waals surface area (Å²) in [5.74, 6) is 0.550. The Morgan fingerprint density at radius 2 is 2.06 bits per heavy atom. The molecule has 1 aromatic rings. The Morgan fingerprint density at radius 1 is 1.28 bits per heavy atom. The molecule has 0 aliphatic heterocycles. The number of aliphatic hydroxyl groups is 1. The molecule has 0 radical (unpaired) electrons. The predicted molar refractivity (Wildman–Crippen MR) is 74.2 cm³/mol. The number of pyridine rings is 1. The van der Waals surface area contributed by atoms with E-state index in [4.69, 9.17) is 5.73 Å². The van der Waals surface area contributed by atoms with Crippen molar-refractivity contribution in [2.45, 2.75) is 58.0 Å². The molecular formula is C15H24N2O. The van der Waals surface area contributed by atoms with Crippen molar-refractivity contribution in [1.29, 1.82) is 0 Å². The van der Waals surface area contributed by atoms with E-state index >= 15 is 0 Å². The largest absolute Gasteiger partial charge is 0.390 e. The number of hydrogen-bond donors (Lipinski definition) is 2. The van der Waals surface area contributed by atoms with Gasteiger partial charge in [0.1, 0.15) is 5.82 Å². The van der Waals surface area contributed by atoms with Crippen molar-refractivity contribution in [3.05, 3.63) is 23.9 Å². The average molecular weight is 248 g/mol. The second kappa shape index (κ2) is 4.88. The quantitative estimate of drug-likeness (QED) is 0.791. The van der Waals surface area contributed by atoms with Crippen molar-refractivity contribution in [2.24, 2.45) is 5.41 Å². The molecule has 2 rings (SSSR count). The molecule has 18 heavy (non-hydrogen) atoms. The first-order valence-corrected chi connectivity index (χ1v) is 6.82. The summed E-state index contributed by atoms with van der Waals surface area (Å²) < 4.78 is 0. The van der Waals surface area contributed by atoms with Crippen LogP contribution in [0.25, 0.3) is 0 Å². The summed E-state index contributed by atoms with van der Waals surface area (Å²) in [5.41, 5.74) is 6.58. The van der Waals surface area contributed by atoms with Crippen LogP contribution in [-0.4, -0.2) is 15.7 Å². The maximum absolute atomic E-state index is 10.8. The van der Waals surface area contributed by atoms with Gasteiger partial charge in [-0.15, -0.1) is 0 Å². The van der Waals surface area contributed by atoms with Crippen molar-refractivity contribution >= 4 is 5.82 Å². The number of nitrogen functional groups attached to an aromatic ring is 1. The fraction of sp³-hybridized carbons (Fsp3) is 0.667. The van der Waals surface area contributed by atoms with Gasteiger partial charge in [0.15, 0.2) is 0 Å². The molecule has 0 saturated heterocycles. The van der Waals surface area contributed by atoms with Gasteiger partial charge in [-0.05, 0) is 42.7 Å². The molecular weight excluding hydrogens is 224 g/mol. The van der Waals surface area contributed by atoms with Crippen molar-refractivity contribution in [3.63, 3.8) is 0 Å². The SMILES string of the molecule is CC1(C)CCCC(O)(Cc2cccnc2N)CC1. The zero-order valence-corrected chi connectivity index (χ0v) is 11.4. The van der Waals surface area contributed by atoms with Crippen LogP contribution in [0.3, 0.4) is 0 Å². The molecule has 1 fully saturated rings. The van der Waals surface area contributed by atoms with E-state index in [0.717, 1.165) is 31.2 Å². The van der Waals surface area contributed by atoms with Crippen LogP contribution in [0.4, 0.5) is 5.82 Å². The molecule has 1 atom stereocenters. The topological polar surface area (TPSA) is 59.1 Å². The van der Waals surface area contributed by atoms with Crippen LogP contribution >= 0.6 is 0 Å². The van der Waals surface area contributed by atoms with Gasteiger partial charge in [-0.25, -0.2) is 4.98 Å². The Morgan fingerprint density at radius 3 is 2.78 bits per heavy atom. The summed E-state index contributed by atoms with van der Waals surface area (Å²) in [5, 5.41) is 10.8. The molecule has 0 aromatic carbocycles. The first kappa shape index (κ1) is 13.3. The zero-order chi connectivity index (χ0) is 13.2. The number of anilines is 1. The van der Waals surface area contributed by atoms with Gasteiger partial charge in [0.2, 0.25) is 0 Å². The summed E-state index contributed by atoms with van der Waals surface area (Å²) in [4.78, 5) is 4.09. The van der Waals surface area contributed by atoms with Gasteiger partial charge in [0.25, 0.3) is 0 Å². The molecule has 1 heterocycles. The summed E-state index contributed by atoms with van der Waals surface area (Å²) in [7, 11) is 0. The number of rotatable bonds is 2. The summed E-state index contributed by atoms with van der Waals surface area (Å²) in [6.07, 6.45) is 7.39. The third-order valence-electron chi connectivity index (χ3n) is 4.21. The molecule has 1 saturated carbocycles. The van der Waals surface area contributed by atoms with Gasteiger partial charge in [-0.3, -0.25) is 0 Å². The molecule has 0 amide bonds. The van der Waals surface area contributed by atoms with E-state index in [9.17, 15) is 5.11 Å². The molecule has 0 bridgehead atoms. The van der Waals surface area contributed by atoms with Crippen molar-refractivity contribution in [3.8, 4) is 0 Å². The van der Waals surface area contributed by atoms with Gasteiger partial charge in [0, 0.05) is 12.6 Å². The minimum atomic E-state index is -0.606. The maximum atomic E-state index is 10.8. The molecule has 3 nitrogen and oxygen atoms in total. The first-order chi connectivity index (χ1) is 8.40. The lowest BCUT2D eigenvalue weighted by Gasteiger charge is -2.28. The fourth-order valence-electron chi connectivity index (χ4n) is 2.85. The molecule has 1 aliphatic rings. The van der Waals surface area contributed by atoms with E-state index < -0.39 is 5.60 Å². The lowest BCUT2D eigenvalue weighted by Crippen LogP contribution is -2.31. The number of nitrogens with zero attached hydrogens (tertiary/aromatic N) is 1. The van der Waals surface area contributed by atoms with Gasteiger partial charge in [-0.1, -0.05) is 26.3 Å². The van der Waals surface area contributed by atoms with E-state index in [0.29, 0.717) is 17.7 Å². The van der Waals surface area contributed by atoms with E-state index in [1.807, 2.05) is 12.1 Å². The molecule has 3 N–H and O–H groups in total. The van der Waals surface area contributed by atoms with Crippen LogP contribution in [0, 0.1) is 5.41 Å². The van der Waals surface area contributed by atoms with Crippen molar-refractivity contribution in [2.75, 3.05) is 5.73 Å². The summed E-state index contributed by atoms with van der Waals surface area (Å²) >= 11 is 0. The average Bonchev–Trinajstić information content (AvgIpc) is 2.42. The highest BCUT2D eigenvalue weighted by atomic mass is 16.3. The molecule has 0 spiro atoms. The second-order valence-corrected chi connectivity index (χ2v) is 6.47. The Bertz CT molecular complexity index is 417. The molecule has 1 aliphatic carbocycles.